The van der Waals surface area contributed by atoms with Crippen molar-refractivity contribution >= 4 is 15.9 Å². The number of carbonyl (C=O) groups is 1. The Hall–Kier alpha value is -1.60. The van der Waals surface area contributed by atoms with Crippen LogP contribution in [0.25, 0.3) is 0 Å². The number of nitrogens with zero attached hydrogens (tertiary/aromatic N) is 2. The first kappa shape index (κ1) is 16.8. The molecular weight excluding hydrogens is 304 g/mol. The van der Waals surface area contributed by atoms with Gasteiger partial charge in [-0.05, 0) is 13.0 Å². The number of piperazine rings is 1. The summed E-state index contributed by atoms with van der Waals surface area (Å²) in [6, 6.07) is 7.08. The summed E-state index contributed by atoms with van der Waals surface area (Å²) in [4.78, 5) is 13.6. The lowest BCUT2D eigenvalue weighted by Crippen LogP contribution is -2.52. The van der Waals surface area contributed by atoms with Crippen LogP contribution in [0.3, 0.4) is 0 Å². The van der Waals surface area contributed by atoms with Crippen molar-refractivity contribution in [3.05, 3.63) is 29.8 Å². The molecule has 7 heteroatoms. The van der Waals surface area contributed by atoms with Crippen molar-refractivity contribution in [3.63, 3.8) is 0 Å². The number of benzene rings is 1. The Morgan fingerprint density at radius 2 is 2.00 bits per heavy atom. The molecular formula is C15H22N2O4S. The number of carbonyl (C=O) groups excluding carboxylic acids is 1. The van der Waals surface area contributed by atoms with Crippen LogP contribution in [0.2, 0.25) is 0 Å². The van der Waals surface area contributed by atoms with Gasteiger partial charge in [0.2, 0.25) is 15.9 Å². The van der Waals surface area contributed by atoms with Gasteiger partial charge in [0.1, 0.15) is 5.75 Å². The van der Waals surface area contributed by atoms with Crippen LogP contribution < -0.4 is 4.74 Å². The molecule has 6 nitrogen and oxygen atoms in total. The van der Waals surface area contributed by atoms with E-state index in [1.54, 1.807) is 18.9 Å². The summed E-state index contributed by atoms with van der Waals surface area (Å²) in [6.45, 7) is 4.12. The van der Waals surface area contributed by atoms with E-state index in [4.69, 9.17) is 4.74 Å². The van der Waals surface area contributed by atoms with Crippen LogP contribution in [-0.2, 0) is 14.8 Å². The Labute approximate surface area is 131 Å². The molecule has 1 fully saturated rings. The number of methoxy groups -OCH3 is 1. The Kier molecular flexibility index (Phi) is 5.08. The zero-order chi connectivity index (χ0) is 16.3. The van der Waals surface area contributed by atoms with Gasteiger partial charge in [0, 0.05) is 32.1 Å². The predicted octanol–water partition coefficient (Wildman–Crippen LogP) is 1.25. The largest absolute Gasteiger partial charge is 0.496 e. The van der Waals surface area contributed by atoms with Crippen molar-refractivity contribution < 1.29 is 17.9 Å². The molecule has 0 bridgehead atoms. The van der Waals surface area contributed by atoms with Crippen LogP contribution in [0, 0.1) is 0 Å². The lowest BCUT2D eigenvalue weighted by molar-refractivity contribution is -0.133. The highest BCUT2D eigenvalue weighted by Gasteiger charge is 2.35. The van der Waals surface area contributed by atoms with E-state index in [9.17, 15) is 13.2 Å². The molecule has 0 N–H and O–H groups in total. The summed E-state index contributed by atoms with van der Waals surface area (Å²) in [7, 11) is -1.71. The fourth-order valence-electron chi connectivity index (χ4n) is 2.78. The number of ether oxygens (including phenoxy) is 1. The van der Waals surface area contributed by atoms with Crippen molar-refractivity contribution in [1.82, 2.24) is 9.21 Å². The van der Waals surface area contributed by atoms with E-state index >= 15 is 0 Å². The zero-order valence-corrected chi connectivity index (χ0v) is 14.0. The van der Waals surface area contributed by atoms with Crippen LogP contribution in [0.1, 0.15) is 25.5 Å². The number of para-hydroxylation sites is 1. The van der Waals surface area contributed by atoms with Crippen LogP contribution in [0.4, 0.5) is 0 Å². The lowest BCUT2D eigenvalue weighted by atomic mass is 10.0. The molecule has 1 saturated heterocycles. The highest BCUT2D eigenvalue weighted by molar-refractivity contribution is 7.89. The zero-order valence-electron chi connectivity index (χ0n) is 13.2. The average Bonchev–Trinajstić information content (AvgIpc) is 2.54. The summed E-state index contributed by atoms with van der Waals surface area (Å²) in [5.74, 6) is 0.657. The minimum atomic E-state index is -3.28. The van der Waals surface area contributed by atoms with Crippen LogP contribution in [0.15, 0.2) is 24.3 Å². The standard InChI is InChI=1S/C15H22N2O4S/c1-4-22(19,20)16-9-10-17(12(2)18)14(11-16)13-7-5-6-8-15(13)21-3/h5-8,14H,4,9-11H2,1-3H3/t14-/m0/s1. The summed E-state index contributed by atoms with van der Waals surface area (Å²) in [6.07, 6.45) is 0. The first-order valence-electron chi connectivity index (χ1n) is 7.28. The van der Waals surface area contributed by atoms with Crippen LogP contribution in [-0.4, -0.2) is 56.0 Å². The minimum absolute atomic E-state index is 0.0612. The van der Waals surface area contributed by atoms with E-state index in [0.717, 1.165) is 5.56 Å². The number of amides is 1. The molecule has 0 aliphatic carbocycles. The van der Waals surface area contributed by atoms with E-state index in [-0.39, 0.29) is 24.2 Å². The van der Waals surface area contributed by atoms with Gasteiger partial charge in [-0.25, -0.2) is 8.42 Å². The van der Waals surface area contributed by atoms with E-state index in [2.05, 4.69) is 0 Å². The van der Waals surface area contributed by atoms with Gasteiger partial charge in [-0.3, -0.25) is 4.79 Å². The molecule has 1 aliphatic heterocycles. The number of hydrogen-bond donors (Lipinski definition) is 0. The van der Waals surface area contributed by atoms with Crippen molar-refractivity contribution in [2.75, 3.05) is 32.5 Å². The van der Waals surface area contributed by atoms with Gasteiger partial charge in [-0.2, -0.15) is 4.31 Å². The van der Waals surface area contributed by atoms with Gasteiger partial charge >= 0.3 is 0 Å². The first-order valence-corrected chi connectivity index (χ1v) is 8.89. The molecule has 122 valence electrons. The second-order valence-electron chi connectivity index (χ2n) is 5.23. The molecule has 1 aromatic carbocycles. The molecule has 1 aromatic rings. The fraction of sp³-hybridized carbons (Fsp3) is 0.533. The maximum absolute atomic E-state index is 12.2. The van der Waals surface area contributed by atoms with Gasteiger partial charge in [0.05, 0.1) is 18.9 Å². The predicted molar refractivity (Wildman–Crippen MR) is 84.2 cm³/mol. The maximum Gasteiger partial charge on any atom is 0.220 e. The van der Waals surface area contributed by atoms with Gasteiger partial charge < -0.3 is 9.64 Å². The highest BCUT2D eigenvalue weighted by Crippen LogP contribution is 2.32. The molecule has 1 heterocycles. The van der Waals surface area contributed by atoms with Gasteiger partial charge in [0.25, 0.3) is 0 Å². The lowest BCUT2D eigenvalue weighted by Gasteiger charge is -2.40. The van der Waals surface area contributed by atoms with Crippen molar-refractivity contribution in [2.45, 2.75) is 19.9 Å². The summed E-state index contributed by atoms with van der Waals surface area (Å²) < 4.78 is 31.1. The van der Waals surface area contributed by atoms with Gasteiger partial charge in [-0.15, -0.1) is 0 Å². The molecule has 1 atom stereocenters. The molecule has 0 spiro atoms. The Morgan fingerprint density at radius 3 is 2.59 bits per heavy atom. The van der Waals surface area contributed by atoms with Crippen molar-refractivity contribution in [3.8, 4) is 5.75 Å². The first-order chi connectivity index (χ1) is 10.4. The summed E-state index contributed by atoms with van der Waals surface area (Å²) >= 11 is 0. The van der Waals surface area contributed by atoms with Crippen molar-refractivity contribution in [2.24, 2.45) is 0 Å². The van der Waals surface area contributed by atoms with Crippen molar-refractivity contribution in [1.29, 1.82) is 0 Å². The Morgan fingerprint density at radius 1 is 1.32 bits per heavy atom. The average molecular weight is 326 g/mol. The van der Waals surface area contributed by atoms with Gasteiger partial charge in [0.15, 0.2) is 0 Å². The number of rotatable bonds is 4. The molecule has 0 radical (unpaired) electrons. The third kappa shape index (κ3) is 3.25. The van der Waals surface area contributed by atoms with Crippen LogP contribution >= 0.6 is 0 Å². The van der Waals surface area contributed by atoms with E-state index < -0.39 is 10.0 Å². The van der Waals surface area contributed by atoms with E-state index in [0.29, 0.717) is 18.8 Å². The summed E-state index contributed by atoms with van der Waals surface area (Å²) in [5.41, 5.74) is 0.830. The minimum Gasteiger partial charge on any atom is -0.496 e. The van der Waals surface area contributed by atoms with Crippen LogP contribution in [0.5, 0.6) is 5.75 Å². The van der Waals surface area contributed by atoms with Gasteiger partial charge in [-0.1, -0.05) is 18.2 Å². The Bertz CT molecular complexity index is 645. The monoisotopic (exact) mass is 326 g/mol. The number of hydrogen-bond acceptors (Lipinski definition) is 4. The third-order valence-corrected chi connectivity index (χ3v) is 5.85. The molecule has 1 aliphatic rings. The Balaban J connectivity index is 2.40. The third-order valence-electron chi connectivity index (χ3n) is 4.00. The number of sulfonamides is 1. The normalized spacial score (nSPS) is 20.0. The summed E-state index contributed by atoms with van der Waals surface area (Å²) in [5, 5.41) is 0. The maximum atomic E-state index is 12.2. The molecule has 0 unspecified atom stereocenters. The molecule has 1 amide bonds. The second-order valence-corrected chi connectivity index (χ2v) is 7.49. The molecule has 0 saturated carbocycles. The highest BCUT2D eigenvalue weighted by atomic mass is 32.2. The molecule has 2 rings (SSSR count). The topological polar surface area (TPSA) is 66.9 Å². The smallest absolute Gasteiger partial charge is 0.220 e. The quantitative estimate of drug-likeness (QED) is 0.835. The molecule has 22 heavy (non-hydrogen) atoms. The molecule has 0 aromatic heterocycles. The fourth-order valence-corrected chi connectivity index (χ4v) is 3.87. The van der Waals surface area contributed by atoms with E-state index in [1.165, 1.54) is 11.2 Å². The SMILES string of the molecule is CCS(=O)(=O)N1CCN(C(C)=O)[C@H](c2ccccc2OC)C1. The van der Waals surface area contributed by atoms with E-state index in [1.807, 2.05) is 24.3 Å². The second kappa shape index (κ2) is 6.66.